The van der Waals surface area contributed by atoms with E-state index in [0.717, 1.165) is 16.7 Å². The molecule has 2 aromatic rings. The number of sulfonamides is 1. The lowest BCUT2D eigenvalue weighted by Gasteiger charge is -2.20. The molecule has 1 heterocycles. The van der Waals surface area contributed by atoms with Crippen LogP contribution in [-0.2, 0) is 16.4 Å². The third kappa shape index (κ3) is 3.71. The third-order valence-corrected chi connectivity index (χ3v) is 6.06. The van der Waals surface area contributed by atoms with Crippen LogP contribution < -0.4 is 4.74 Å². The Hall–Kier alpha value is -1.92. The van der Waals surface area contributed by atoms with Gasteiger partial charge in [0.25, 0.3) is 0 Å². The summed E-state index contributed by atoms with van der Waals surface area (Å²) in [5.41, 5.74) is 2.63. The van der Waals surface area contributed by atoms with E-state index in [-0.39, 0.29) is 0 Å². The number of hydrogen-bond donors (Lipinski definition) is 0. The molecule has 5 nitrogen and oxygen atoms in total. The summed E-state index contributed by atoms with van der Waals surface area (Å²) >= 11 is 0. The first-order valence-corrected chi connectivity index (χ1v) is 8.81. The van der Waals surface area contributed by atoms with Crippen molar-refractivity contribution in [2.75, 3.05) is 20.7 Å². The highest BCUT2D eigenvalue weighted by atomic mass is 32.2. The Morgan fingerprint density at radius 3 is 2.35 bits per heavy atom. The molecule has 1 aromatic heterocycles. The van der Waals surface area contributed by atoms with Crippen molar-refractivity contribution < 1.29 is 13.2 Å². The van der Waals surface area contributed by atoms with E-state index in [2.05, 4.69) is 4.98 Å². The van der Waals surface area contributed by atoms with Crippen LogP contribution in [0, 0.1) is 13.8 Å². The van der Waals surface area contributed by atoms with Crippen LogP contribution in [0.4, 0.5) is 0 Å². The van der Waals surface area contributed by atoms with Crippen molar-refractivity contribution in [1.82, 2.24) is 9.29 Å². The average molecular weight is 334 g/mol. The first kappa shape index (κ1) is 17.4. The molecule has 0 saturated heterocycles. The fourth-order valence-corrected chi connectivity index (χ4v) is 3.84. The zero-order chi connectivity index (χ0) is 17.0. The summed E-state index contributed by atoms with van der Waals surface area (Å²) in [6.45, 7) is 4.09. The molecule has 2 rings (SSSR count). The van der Waals surface area contributed by atoms with E-state index < -0.39 is 10.0 Å². The van der Waals surface area contributed by atoms with Gasteiger partial charge in [0, 0.05) is 26.0 Å². The minimum Gasteiger partial charge on any atom is -0.496 e. The molecule has 0 N–H and O–H groups in total. The number of aromatic nitrogens is 1. The Balaban J connectivity index is 2.22. The number of pyridine rings is 1. The Kier molecular flexibility index (Phi) is 5.38. The van der Waals surface area contributed by atoms with Crippen molar-refractivity contribution in [1.29, 1.82) is 0 Å². The zero-order valence-corrected chi connectivity index (χ0v) is 14.7. The van der Waals surface area contributed by atoms with E-state index in [0.29, 0.717) is 23.6 Å². The van der Waals surface area contributed by atoms with Crippen molar-refractivity contribution in [3.05, 3.63) is 53.3 Å². The number of ether oxygens (including phenoxy) is 1. The van der Waals surface area contributed by atoms with Gasteiger partial charge in [-0.2, -0.15) is 0 Å². The topological polar surface area (TPSA) is 59.5 Å². The Morgan fingerprint density at radius 1 is 1.09 bits per heavy atom. The first-order valence-electron chi connectivity index (χ1n) is 7.37. The highest BCUT2D eigenvalue weighted by Gasteiger charge is 2.24. The molecule has 0 aliphatic rings. The van der Waals surface area contributed by atoms with E-state index in [1.165, 1.54) is 4.31 Å². The van der Waals surface area contributed by atoms with Crippen LogP contribution in [0.25, 0.3) is 0 Å². The molecule has 0 radical (unpaired) electrons. The minimum absolute atomic E-state index is 0.327. The standard InChI is InChI=1S/C17H22N2O3S/c1-13-14(2)17(6-5-16(13)22-4)23(20,21)19(3)12-9-15-7-10-18-11-8-15/h5-8,10-11H,9,12H2,1-4H3. The van der Waals surface area contributed by atoms with E-state index >= 15 is 0 Å². The molecule has 124 valence electrons. The predicted octanol–water partition coefficient (Wildman–Crippen LogP) is 2.57. The smallest absolute Gasteiger partial charge is 0.243 e. The second-order valence-electron chi connectivity index (χ2n) is 5.45. The van der Waals surface area contributed by atoms with Crippen molar-refractivity contribution >= 4 is 10.0 Å². The second kappa shape index (κ2) is 7.10. The molecule has 0 fully saturated rings. The van der Waals surface area contributed by atoms with Crippen LogP contribution in [-0.4, -0.2) is 38.4 Å². The largest absolute Gasteiger partial charge is 0.496 e. The fourth-order valence-electron chi connectivity index (χ4n) is 2.40. The van der Waals surface area contributed by atoms with Gasteiger partial charge >= 0.3 is 0 Å². The predicted molar refractivity (Wildman–Crippen MR) is 90.2 cm³/mol. The molecule has 0 saturated carbocycles. The Labute approximate surface area is 138 Å². The summed E-state index contributed by atoms with van der Waals surface area (Å²) in [6, 6.07) is 7.10. The van der Waals surface area contributed by atoms with E-state index in [1.54, 1.807) is 45.6 Å². The molecule has 1 aromatic carbocycles. The second-order valence-corrected chi connectivity index (χ2v) is 7.46. The van der Waals surface area contributed by atoms with Crippen LogP contribution in [0.15, 0.2) is 41.6 Å². The van der Waals surface area contributed by atoms with Crippen molar-refractivity contribution in [2.45, 2.75) is 25.2 Å². The van der Waals surface area contributed by atoms with Gasteiger partial charge in [-0.05, 0) is 61.2 Å². The molecule has 0 bridgehead atoms. The molecule has 6 heteroatoms. The number of hydrogen-bond acceptors (Lipinski definition) is 4. The van der Waals surface area contributed by atoms with E-state index in [1.807, 2.05) is 19.1 Å². The normalized spacial score (nSPS) is 11.7. The molecule has 23 heavy (non-hydrogen) atoms. The van der Waals surface area contributed by atoms with Gasteiger partial charge in [-0.15, -0.1) is 0 Å². The first-order chi connectivity index (χ1) is 10.9. The van der Waals surface area contributed by atoms with Gasteiger partial charge in [-0.1, -0.05) is 0 Å². The minimum atomic E-state index is -3.53. The van der Waals surface area contributed by atoms with Gasteiger partial charge in [0.1, 0.15) is 5.75 Å². The van der Waals surface area contributed by atoms with Crippen molar-refractivity contribution in [2.24, 2.45) is 0 Å². The zero-order valence-electron chi connectivity index (χ0n) is 13.9. The maximum Gasteiger partial charge on any atom is 0.243 e. The number of methoxy groups -OCH3 is 1. The van der Waals surface area contributed by atoms with Crippen LogP contribution >= 0.6 is 0 Å². The molecule has 0 atom stereocenters. The SMILES string of the molecule is COc1ccc(S(=O)(=O)N(C)CCc2ccncc2)c(C)c1C. The summed E-state index contributed by atoms with van der Waals surface area (Å²) in [7, 11) is -0.338. The van der Waals surface area contributed by atoms with Crippen LogP contribution in [0.5, 0.6) is 5.75 Å². The van der Waals surface area contributed by atoms with Gasteiger partial charge in [-0.25, -0.2) is 12.7 Å². The number of rotatable bonds is 6. The molecular formula is C17H22N2O3S. The van der Waals surface area contributed by atoms with Gasteiger partial charge in [0.2, 0.25) is 10.0 Å². The summed E-state index contributed by atoms with van der Waals surface area (Å²) in [5.74, 6) is 0.695. The van der Waals surface area contributed by atoms with Gasteiger partial charge < -0.3 is 4.74 Å². The van der Waals surface area contributed by atoms with Gasteiger partial charge in [0.15, 0.2) is 0 Å². The van der Waals surface area contributed by atoms with Crippen molar-refractivity contribution in [3.63, 3.8) is 0 Å². The van der Waals surface area contributed by atoms with Gasteiger partial charge in [0.05, 0.1) is 12.0 Å². The lowest BCUT2D eigenvalue weighted by molar-refractivity contribution is 0.410. The number of benzene rings is 1. The molecule has 0 aliphatic heterocycles. The van der Waals surface area contributed by atoms with Crippen LogP contribution in [0.1, 0.15) is 16.7 Å². The third-order valence-electron chi connectivity index (χ3n) is 4.06. The van der Waals surface area contributed by atoms with E-state index in [9.17, 15) is 8.42 Å². The monoisotopic (exact) mass is 334 g/mol. The Bertz CT molecular complexity index is 774. The molecule has 0 spiro atoms. The quantitative estimate of drug-likeness (QED) is 0.815. The summed E-state index contributed by atoms with van der Waals surface area (Å²) in [4.78, 5) is 4.29. The molecule has 0 amide bonds. The number of likely N-dealkylation sites (N-methyl/N-ethyl adjacent to an activating group) is 1. The highest BCUT2D eigenvalue weighted by molar-refractivity contribution is 7.89. The van der Waals surface area contributed by atoms with Gasteiger partial charge in [-0.3, -0.25) is 4.98 Å². The summed E-state index contributed by atoms with van der Waals surface area (Å²) < 4.78 is 32.2. The highest BCUT2D eigenvalue weighted by Crippen LogP contribution is 2.28. The fraction of sp³-hybridized carbons (Fsp3) is 0.353. The van der Waals surface area contributed by atoms with E-state index in [4.69, 9.17) is 4.74 Å². The van der Waals surface area contributed by atoms with Crippen LogP contribution in [0.2, 0.25) is 0 Å². The van der Waals surface area contributed by atoms with Crippen molar-refractivity contribution in [3.8, 4) is 5.75 Å². The maximum absolute atomic E-state index is 12.8. The molecule has 0 unspecified atom stereocenters. The Morgan fingerprint density at radius 2 is 1.74 bits per heavy atom. The molecular weight excluding hydrogens is 312 g/mol. The molecule has 0 aliphatic carbocycles. The number of nitrogens with zero attached hydrogens (tertiary/aromatic N) is 2. The lowest BCUT2D eigenvalue weighted by Crippen LogP contribution is -2.29. The maximum atomic E-state index is 12.8. The average Bonchev–Trinajstić information content (AvgIpc) is 2.55. The summed E-state index contributed by atoms with van der Waals surface area (Å²) in [6.07, 6.45) is 4.06. The summed E-state index contributed by atoms with van der Waals surface area (Å²) in [5, 5.41) is 0. The lowest BCUT2D eigenvalue weighted by atomic mass is 10.1. The van der Waals surface area contributed by atoms with Crippen LogP contribution in [0.3, 0.4) is 0 Å².